The molecular formula is C18H17IO. The van der Waals surface area contributed by atoms with Gasteiger partial charge in [0.15, 0.2) is 0 Å². The number of fused-ring (bicyclic) bond motifs is 1. The second kappa shape index (κ2) is 4.92. The first kappa shape index (κ1) is 13.7. The van der Waals surface area contributed by atoms with Crippen molar-refractivity contribution in [3.05, 3.63) is 57.9 Å². The Morgan fingerprint density at radius 2 is 1.70 bits per heavy atom. The largest absolute Gasteiger partial charge is 0.464 e. The summed E-state index contributed by atoms with van der Waals surface area (Å²) in [5, 5.41) is 1.20. The van der Waals surface area contributed by atoms with E-state index in [4.69, 9.17) is 4.42 Å². The van der Waals surface area contributed by atoms with Crippen LogP contribution in [0.1, 0.15) is 26.3 Å². The lowest BCUT2D eigenvalue weighted by Crippen LogP contribution is -2.10. The van der Waals surface area contributed by atoms with E-state index < -0.39 is 0 Å². The zero-order valence-electron chi connectivity index (χ0n) is 11.9. The number of hydrogen-bond donors (Lipinski definition) is 0. The maximum absolute atomic E-state index is 5.72. The lowest BCUT2D eigenvalue weighted by molar-refractivity contribution is 0.589. The maximum atomic E-state index is 5.72. The zero-order valence-corrected chi connectivity index (χ0v) is 14.1. The standard InChI is InChI=1S/C18H17IO/c1-18(2,3)12-8-9-17-14(10-12)15(11-20-17)13-6-4-5-7-16(13)19/h4-11H,1-3H3. The predicted molar refractivity (Wildman–Crippen MR) is 93.1 cm³/mol. The fraction of sp³-hybridized carbons (Fsp3) is 0.222. The van der Waals surface area contributed by atoms with Gasteiger partial charge in [-0.3, -0.25) is 0 Å². The molecule has 0 aliphatic carbocycles. The van der Waals surface area contributed by atoms with E-state index in [9.17, 15) is 0 Å². The van der Waals surface area contributed by atoms with Gasteiger partial charge in [-0.15, -0.1) is 0 Å². The molecule has 0 unspecified atom stereocenters. The molecular weight excluding hydrogens is 359 g/mol. The summed E-state index contributed by atoms with van der Waals surface area (Å²) in [6, 6.07) is 14.9. The van der Waals surface area contributed by atoms with Crippen molar-refractivity contribution in [3.63, 3.8) is 0 Å². The predicted octanol–water partition coefficient (Wildman–Crippen LogP) is 6.00. The molecule has 0 spiro atoms. The van der Waals surface area contributed by atoms with Gasteiger partial charge >= 0.3 is 0 Å². The molecule has 3 aromatic rings. The molecule has 0 aliphatic heterocycles. The molecule has 0 saturated carbocycles. The Morgan fingerprint density at radius 1 is 0.950 bits per heavy atom. The highest BCUT2D eigenvalue weighted by atomic mass is 127. The molecule has 1 heterocycles. The van der Waals surface area contributed by atoms with Gasteiger partial charge in [-0.05, 0) is 57.3 Å². The van der Waals surface area contributed by atoms with E-state index in [1.54, 1.807) is 0 Å². The summed E-state index contributed by atoms with van der Waals surface area (Å²) in [5.74, 6) is 0. The zero-order chi connectivity index (χ0) is 14.3. The van der Waals surface area contributed by atoms with Crippen molar-refractivity contribution in [1.29, 1.82) is 0 Å². The first-order valence-corrected chi connectivity index (χ1v) is 7.81. The van der Waals surface area contributed by atoms with Gasteiger partial charge < -0.3 is 4.42 Å². The normalized spacial score (nSPS) is 12.0. The van der Waals surface area contributed by atoms with Crippen LogP contribution in [0.2, 0.25) is 0 Å². The van der Waals surface area contributed by atoms with Crippen LogP contribution in [0.5, 0.6) is 0 Å². The van der Waals surface area contributed by atoms with E-state index in [1.165, 1.54) is 25.6 Å². The molecule has 0 radical (unpaired) electrons. The average molecular weight is 376 g/mol. The van der Waals surface area contributed by atoms with Gasteiger partial charge in [-0.2, -0.15) is 0 Å². The van der Waals surface area contributed by atoms with E-state index in [1.807, 2.05) is 6.26 Å². The topological polar surface area (TPSA) is 13.1 Å². The Hall–Kier alpha value is -1.29. The minimum Gasteiger partial charge on any atom is -0.464 e. The van der Waals surface area contributed by atoms with Crippen molar-refractivity contribution in [2.24, 2.45) is 0 Å². The third-order valence-electron chi connectivity index (χ3n) is 3.60. The Kier molecular flexibility index (Phi) is 3.36. The summed E-state index contributed by atoms with van der Waals surface area (Å²) in [4.78, 5) is 0. The molecule has 1 aromatic heterocycles. The molecule has 0 bridgehead atoms. The number of furan rings is 1. The van der Waals surface area contributed by atoms with Crippen LogP contribution >= 0.6 is 22.6 Å². The monoisotopic (exact) mass is 376 g/mol. The van der Waals surface area contributed by atoms with Crippen molar-refractivity contribution in [2.75, 3.05) is 0 Å². The van der Waals surface area contributed by atoms with Gasteiger partial charge in [0.25, 0.3) is 0 Å². The van der Waals surface area contributed by atoms with Gasteiger partial charge in [0.05, 0.1) is 6.26 Å². The third kappa shape index (κ3) is 2.37. The molecule has 0 saturated heterocycles. The van der Waals surface area contributed by atoms with E-state index in [0.29, 0.717) is 0 Å². The summed E-state index contributed by atoms with van der Waals surface area (Å²) in [6.45, 7) is 6.71. The Bertz CT molecular complexity index is 762. The molecule has 0 fully saturated rings. The second-order valence-corrected chi connectivity index (χ2v) is 7.25. The minimum atomic E-state index is 0.145. The quantitative estimate of drug-likeness (QED) is 0.475. The van der Waals surface area contributed by atoms with Crippen LogP contribution in [0, 0.1) is 3.57 Å². The molecule has 20 heavy (non-hydrogen) atoms. The lowest BCUT2D eigenvalue weighted by atomic mass is 9.86. The number of benzene rings is 2. The van der Waals surface area contributed by atoms with Gasteiger partial charge in [-0.1, -0.05) is 45.0 Å². The molecule has 2 heteroatoms. The fourth-order valence-corrected chi connectivity index (χ4v) is 3.06. The molecule has 0 N–H and O–H groups in total. The molecule has 102 valence electrons. The van der Waals surface area contributed by atoms with Crippen molar-refractivity contribution >= 4 is 33.6 Å². The van der Waals surface area contributed by atoms with Gasteiger partial charge in [0.1, 0.15) is 5.58 Å². The van der Waals surface area contributed by atoms with Crippen LogP contribution in [0.15, 0.2) is 53.1 Å². The Balaban J connectivity index is 2.25. The molecule has 0 atom stereocenters. The van der Waals surface area contributed by atoms with E-state index >= 15 is 0 Å². The summed E-state index contributed by atoms with van der Waals surface area (Å²) in [6.07, 6.45) is 1.87. The summed E-state index contributed by atoms with van der Waals surface area (Å²) < 4.78 is 6.97. The van der Waals surface area contributed by atoms with Gasteiger partial charge in [-0.25, -0.2) is 0 Å². The average Bonchev–Trinajstić information content (AvgIpc) is 2.81. The van der Waals surface area contributed by atoms with E-state index in [0.717, 1.165) is 5.58 Å². The third-order valence-corrected chi connectivity index (χ3v) is 4.54. The van der Waals surface area contributed by atoms with Crippen molar-refractivity contribution in [1.82, 2.24) is 0 Å². The number of rotatable bonds is 1. The Labute approximate surface area is 133 Å². The van der Waals surface area contributed by atoms with Gasteiger partial charge in [0, 0.05) is 14.5 Å². The van der Waals surface area contributed by atoms with Crippen LogP contribution < -0.4 is 0 Å². The Morgan fingerprint density at radius 3 is 2.40 bits per heavy atom. The first-order valence-electron chi connectivity index (χ1n) is 6.73. The minimum absolute atomic E-state index is 0.145. The lowest BCUT2D eigenvalue weighted by Gasteiger charge is -2.18. The first-order chi connectivity index (χ1) is 9.47. The summed E-state index contributed by atoms with van der Waals surface area (Å²) in [5.41, 5.74) is 4.84. The van der Waals surface area contributed by atoms with Crippen molar-refractivity contribution < 1.29 is 4.42 Å². The molecule has 0 amide bonds. The van der Waals surface area contributed by atoms with Crippen LogP contribution in [0.25, 0.3) is 22.1 Å². The summed E-state index contributed by atoms with van der Waals surface area (Å²) >= 11 is 2.38. The van der Waals surface area contributed by atoms with Crippen molar-refractivity contribution in [2.45, 2.75) is 26.2 Å². The summed E-state index contributed by atoms with van der Waals surface area (Å²) in [7, 11) is 0. The SMILES string of the molecule is CC(C)(C)c1ccc2occ(-c3ccccc3I)c2c1. The smallest absolute Gasteiger partial charge is 0.134 e. The van der Waals surface area contributed by atoms with Crippen LogP contribution in [0.4, 0.5) is 0 Å². The second-order valence-electron chi connectivity index (χ2n) is 6.09. The highest BCUT2D eigenvalue weighted by Crippen LogP contribution is 2.35. The van der Waals surface area contributed by atoms with Crippen molar-refractivity contribution in [3.8, 4) is 11.1 Å². The fourth-order valence-electron chi connectivity index (χ4n) is 2.38. The number of hydrogen-bond acceptors (Lipinski definition) is 1. The number of halogens is 1. The van der Waals surface area contributed by atoms with Crippen LogP contribution in [0.3, 0.4) is 0 Å². The van der Waals surface area contributed by atoms with Crippen LogP contribution in [-0.4, -0.2) is 0 Å². The highest BCUT2D eigenvalue weighted by molar-refractivity contribution is 14.1. The van der Waals surface area contributed by atoms with E-state index in [2.05, 4.69) is 85.8 Å². The maximum Gasteiger partial charge on any atom is 0.134 e. The molecule has 2 aromatic carbocycles. The van der Waals surface area contributed by atoms with Gasteiger partial charge in [0.2, 0.25) is 0 Å². The molecule has 0 aliphatic rings. The van der Waals surface area contributed by atoms with E-state index in [-0.39, 0.29) is 5.41 Å². The molecule has 3 rings (SSSR count). The highest BCUT2D eigenvalue weighted by Gasteiger charge is 2.17. The molecule has 1 nitrogen and oxygen atoms in total. The van der Waals surface area contributed by atoms with Crippen LogP contribution in [-0.2, 0) is 5.41 Å².